The molecule has 1 aromatic heterocycles. The highest BCUT2D eigenvalue weighted by Crippen LogP contribution is 2.32. The summed E-state index contributed by atoms with van der Waals surface area (Å²) in [7, 11) is 5.81. The number of benzene rings is 2. The SMILES string of the molecule is COc1cccc(Nc2ncccc2NC(=O)c2ccccc2)c1CCCN(C)C. The van der Waals surface area contributed by atoms with E-state index >= 15 is 0 Å². The second-order valence-corrected chi connectivity index (χ2v) is 7.24. The highest BCUT2D eigenvalue weighted by atomic mass is 16.5. The summed E-state index contributed by atoms with van der Waals surface area (Å²) in [6.07, 6.45) is 3.57. The monoisotopic (exact) mass is 404 g/mol. The summed E-state index contributed by atoms with van der Waals surface area (Å²) in [5.74, 6) is 1.25. The molecule has 0 spiro atoms. The molecular weight excluding hydrogens is 376 g/mol. The van der Waals surface area contributed by atoms with Gasteiger partial charge in [0.15, 0.2) is 5.82 Å². The van der Waals surface area contributed by atoms with Crippen LogP contribution >= 0.6 is 0 Å². The van der Waals surface area contributed by atoms with E-state index in [1.54, 1.807) is 31.5 Å². The topological polar surface area (TPSA) is 66.5 Å². The minimum absolute atomic E-state index is 0.177. The molecule has 0 aliphatic carbocycles. The van der Waals surface area contributed by atoms with Gasteiger partial charge in [0.1, 0.15) is 5.75 Å². The molecule has 3 rings (SSSR count). The van der Waals surface area contributed by atoms with Gasteiger partial charge in [0.05, 0.1) is 12.8 Å². The Morgan fingerprint density at radius 1 is 1.00 bits per heavy atom. The summed E-state index contributed by atoms with van der Waals surface area (Å²) in [5.41, 5.74) is 3.22. The van der Waals surface area contributed by atoms with Crippen molar-refractivity contribution in [3.63, 3.8) is 0 Å². The minimum atomic E-state index is -0.177. The average Bonchev–Trinajstić information content (AvgIpc) is 2.76. The number of carbonyl (C=O) groups is 1. The van der Waals surface area contributed by atoms with Gasteiger partial charge < -0.3 is 20.3 Å². The van der Waals surface area contributed by atoms with Crippen molar-refractivity contribution in [1.29, 1.82) is 0 Å². The smallest absolute Gasteiger partial charge is 0.255 e. The van der Waals surface area contributed by atoms with E-state index in [4.69, 9.17) is 4.74 Å². The molecule has 0 bridgehead atoms. The van der Waals surface area contributed by atoms with Crippen LogP contribution in [0, 0.1) is 0 Å². The number of amides is 1. The van der Waals surface area contributed by atoms with Crippen LogP contribution in [-0.4, -0.2) is 43.5 Å². The normalized spacial score (nSPS) is 10.7. The lowest BCUT2D eigenvalue weighted by Crippen LogP contribution is -2.14. The number of ether oxygens (including phenoxy) is 1. The van der Waals surface area contributed by atoms with Crippen LogP contribution in [0.25, 0.3) is 0 Å². The highest BCUT2D eigenvalue weighted by Gasteiger charge is 2.14. The first-order valence-corrected chi connectivity index (χ1v) is 9.97. The maximum Gasteiger partial charge on any atom is 0.255 e. The fourth-order valence-electron chi connectivity index (χ4n) is 3.22. The predicted molar refractivity (Wildman–Crippen MR) is 122 cm³/mol. The van der Waals surface area contributed by atoms with Crippen molar-refractivity contribution in [3.05, 3.63) is 78.0 Å². The molecule has 0 radical (unpaired) electrons. The fraction of sp³-hybridized carbons (Fsp3) is 0.250. The number of nitrogens with zero attached hydrogens (tertiary/aromatic N) is 2. The summed E-state index contributed by atoms with van der Waals surface area (Å²) >= 11 is 0. The third-order valence-electron chi connectivity index (χ3n) is 4.73. The number of anilines is 3. The van der Waals surface area contributed by atoms with Crippen molar-refractivity contribution in [2.45, 2.75) is 12.8 Å². The number of rotatable bonds is 9. The van der Waals surface area contributed by atoms with Gasteiger partial charge in [-0.1, -0.05) is 24.3 Å². The van der Waals surface area contributed by atoms with E-state index in [1.807, 2.05) is 42.5 Å². The van der Waals surface area contributed by atoms with Gasteiger partial charge in [0.25, 0.3) is 5.91 Å². The van der Waals surface area contributed by atoms with E-state index in [2.05, 4.69) is 34.6 Å². The van der Waals surface area contributed by atoms with Crippen LogP contribution in [0.2, 0.25) is 0 Å². The van der Waals surface area contributed by atoms with Crippen LogP contribution in [0.3, 0.4) is 0 Å². The Balaban J connectivity index is 1.84. The molecule has 30 heavy (non-hydrogen) atoms. The van der Waals surface area contributed by atoms with E-state index in [0.29, 0.717) is 17.1 Å². The number of hydrogen-bond donors (Lipinski definition) is 2. The van der Waals surface area contributed by atoms with Crippen molar-refractivity contribution in [2.75, 3.05) is 38.4 Å². The van der Waals surface area contributed by atoms with Gasteiger partial charge in [-0.3, -0.25) is 4.79 Å². The lowest BCUT2D eigenvalue weighted by atomic mass is 10.1. The number of pyridine rings is 1. The Morgan fingerprint density at radius 3 is 2.50 bits per heavy atom. The maximum absolute atomic E-state index is 12.6. The Morgan fingerprint density at radius 2 is 1.77 bits per heavy atom. The molecule has 6 nitrogen and oxygen atoms in total. The minimum Gasteiger partial charge on any atom is -0.496 e. The van der Waals surface area contributed by atoms with E-state index in [0.717, 1.165) is 36.4 Å². The molecule has 0 fully saturated rings. The summed E-state index contributed by atoms with van der Waals surface area (Å²) in [6, 6.07) is 18.7. The number of methoxy groups -OCH3 is 1. The van der Waals surface area contributed by atoms with E-state index in [1.165, 1.54) is 0 Å². The van der Waals surface area contributed by atoms with Crippen LogP contribution in [0.5, 0.6) is 5.75 Å². The van der Waals surface area contributed by atoms with Gasteiger partial charge in [0.2, 0.25) is 0 Å². The van der Waals surface area contributed by atoms with Gasteiger partial charge in [-0.05, 0) is 69.9 Å². The molecule has 0 saturated carbocycles. The predicted octanol–water partition coefficient (Wildman–Crippen LogP) is 4.58. The van der Waals surface area contributed by atoms with Crippen LogP contribution < -0.4 is 15.4 Å². The first-order chi connectivity index (χ1) is 14.6. The average molecular weight is 405 g/mol. The van der Waals surface area contributed by atoms with Gasteiger partial charge in [-0.25, -0.2) is 4.98 Å². The van der Waals surface area contributed by atoms with Crippen molar-refractivity contribution in [1.82, 2.24) is 9.88 Å². The van der Waals surface area contributed by atoms with Gasteiger partial charge in [-0.2, -0.15) is 0 Å². The number of nitrogens with one attached hydrogen (secondary N) is 2. The second kappa shape index (κ2) is 10.4. The van der Waals surface area contributed by atoms with E-state index < -0.39 is 0 Å². The summed E-state index contributed by atoms with van der Waals surface area (Å²) in [6.45, 7) is 0.986. The fourth-order valence-corrected chi connectivity index (χ4v) is 3.22. The Bertz CT molecular complexity index is 974. The van der Waals surface area contributed by atoms with Crippen LogP contribution in [-0.2, 0) is 6.42 Å². The van der Waals surface area contributed by atoms with Crippen molar-refractivity contribution in [2.24, 2.45) is 0 Å². The number of carbonyl (C=O) groups excluding carboxylic acids is 1. The molecule has 3 aromatic rings. The maximum atomic E-state index is 12.6. The zero-order valence-electron chi connectivity index (χ0n) is 17.7. The highest BCUT2D eigenvalue weighted by molar-refractivity contribution is 6.05. The first-order valence-electron chi connectivity index (χ1n) is 9.97. The quantitative estimate of drug-likeness (QED) is 0.546. The Hall–Kier alpha value is -3.38. The van der Waals surface area contributed by atoms with Crippen molar-refractivity contribution < 1.29 is 9.53 Å². The zero-order valence-corrected chi connectivity index (χ0v) is 17.7. The first kappa shape index (κ1) is 21.3. The van der Waals surface area contributed by atoms with E-state index in [9.17, 15) is 4.79 Å². The van der Waals surface area contributed by atoms with Gasteiger partial charge >= 0.3 is 0 Å². The van der Waals surface area contributed by atoms with Gasteiger partial charge in [-0.15, -0.1) is 0 Å². The van der Waals surface area contributed by atoms with Crippen molar-refractivity contribution in [3.8, 4) is 5.75 Å². The molecule has 0 atom stereocenters. The van der Waals surface area contributed by atoms with Gasteiger partial charge in [0, 0.05) is 23.0 Å². The van der Waals surface area contributed by atoms with Crippen LogP contribution in [0.4, 0.5) is 17.2 Å². The standard InChI is InChI=1S/C24H28N4O2/c1-28(2)17-9-12-19-20(13-7-15-22(19)30-3)26-23-21(14-8-16-25-23)27-24(29)18-10-5-4-6-11-18/h4-8,10-11,13-16H,9,12,17H2,1-3H3,(H,25,26)(H,27,29). The molecule has 0 unspecified atom stereocenters. The molecule has 0 saturated heterocycles. The molecule has 1 amide bonds. The summed E-state index contributed by atoms with van der Waals surface area (Å²) < 4.78 is 5.59. The molecular formula is C24H28N4O2. The molecule has 6 heteroatoms. The van der Waals surface area contributed by atoms with Crippen LogP contribution in [0.1, 0.15) is 22.3 Å². The van der Waals surface area contributed by atoms with Crippen molar-refractivity contribution >= 4 is 23.1 Å². The lowest BCUT2D eigenvalue weighted by molar-refractivity contribution is 0.102. The molecule has 156 valence electrons. The molecule has 2 N–H and O–H groups in total. The zero-order chi connectivity index (χ0) is 21.3. The van der Waals surface area contributed by atoms with Crippen LogP contribution in [0.15, 0.2) is 66.9 Å². The molecule has 2 aromatic carbocycles. The second-order valence-electron chi connectivity index (χ2n) is 7.24. The van der Waals surface area contributed by atoms with E-state index in [-0.39, 0.29) is 5.91 Å². The Kier molecular flexibility index (Phi) is 7.40. The third kappa shape index (κ3) is 5.58. The summed E-state index contributed by atoms with van der Waals surface area (Å²) in [5, 5.41) is 6.34. The molecule has 0 aliphatic rings. The number of hydrogen-bond acceptors (Lipinski definition) is 5. The molecule has 0 aliphatic heterocycles. The third-order valence-corrected chi connectivity index (χ3v) is 4.73. The molecule has 1 heterocycles. The largest absolute Gasteiger partial charge is 0.496 e. The Labute approximate surface area is 177 Å². The number of aromatic nitrogens is 1. The summed E-state index contributed by atoms with van der Waals surface area (Å²) in [4.78, 5) is 19.2. The lowest BCUT2D eigenvalue weighted by Gasteiger charge is -2.18.